The lowest BCUT2D eigenvalue weighted by atomic mass is 10.0. The van der Waals surface area contributed by atoms with Gasteiger partial charge in [-0.05, 0) is 38.5 Å². The van der Waals surface area contributed by atoms with E-state index < -0.39 is 0 Å². The summed E-state index contributed by atoms with van der Waals surface area (Å²) in [7, 11) is 0. The molecule has 25 heavy (non-hydrogen) atoms. The third-order valence-corrected chi connectivity index (χ3v) is 5.20. The lowest BCUT2D eigenvalue weighted by Gasteiger charge is -2.35. The minimum atomic E-state index is 0.0616. The average Bonchev–Trinajstić information content (AvgIpc) is 3.32. The predicted molar refractivity (Wildman–Crippen MR) is 92.6 cm³/mol. The molecule has 0 spiro atoms. The molecule has 0 radical (unpaired) electrons. The fraction of sp³-hybridized carbons (Fsp3) is 0.722. The topological polar surface area (TPSA) is 63.5 Å². The minimum absolute atomic E-state index is 0.0616. The SMILES string of the molecule is O=C(CN1CCO[C@H](Cn2cncn2)C1)N(C1=CCCCC1)C1CC1. The smallest absolute Gasteiger partial charge is 0.241 e. The molecule has 1 aromatic heterocycles. The molecule has 1 saturated carbocycles. The highest BCUT2D eigenvalue weighted by Gasteiger charge is 2.36. The van der Waals surface area contributed by atoms with Crippen molar-refractivity contribution in [1.82, 2.24) is 24.6 Å². The van der Waals surface area contributed by atoms with E-state index in [9.17, 15) is 4.79 Å². The molecule has 136 valence electrons. The highest BCUT2D eigenvalue weighted by Crippen LogP contribution is 2.33. The zero-order valence-electron chi connectivity index (χ0n) is 14.7. The summed E-state index contributed by atoms with van der Waals surface area (Å²) in [6.45, 7) is 3.42. The van der Waals surface area contributed by atoms with Gasteiger partial charge in [-0.15, -0.1) is 0 Å². The second kappa shape index (κ2) is 7.66. The van der Waals surface area contributed by atoms with E-state index in [0.717, 1.165) is 38.8 Å². The summed E-state index contributed by atoms with van der Waals surface area (Å²) in [5.74, 6) is 0.261. The summed E-state index contributed by atoms with van der Waals surface area (Å²) in [6, 6.07) is 0.448. The molecule has 4 rings (SSSR count). The summed E-state index contributed by atoms with van der Waals surface area (Å²) in [5, 5.41) is 4.14. The second-order valence-electron chi connectivity index (χ2n) is 7.28. The zero-order chi connectivity index (χ0) is 17.1. The first-order chi connectivity index (χ1) is 12.3. The highest BCUT2D eigenvalue weighted by atomic mass is 16.5. The van der Waals surface area contributed by atoms with Crippen LogP contribution in [0.4, 0.5) is 0 Å². The Bertz CT molecular complexity index is 611. The predicted octanol–water partition coefficient (Wildman–Crippen LogP) is 1.43. The molecule has 1 aromatic rings. The van der Waals surface area contributed by atoms with Crippen LogP contribution in [0.5, 0.6) is 0 Å². The van der Waals surface area contributed by atoms with Crippen LogP contribution in [-0.4, -0.2) is 68.9 Å². The van der Waals surface area contributed by atoms with Crippen LogP contribution in [0, 0.1) is 0 Å². The maximum absolute atomic E-state index is 13.0. The molecule has 7 heteroatoms. The standard InChI is InChI=1S/C18H27N5O2/c24-18(23(16-6-7-16)15-4-2-1-3-5-15)12-21-8-9-25-17(10-21)11-22-14-19-13-20-22/h4,13-14,16-17H,1-3,5-12H2/t17-/m0/s1. The Morgan fingerprint density at radius 3 is 3.00 bits per heavy atom. The van der Waals surface area contributed by atoms with Crippen LogP contribution in [0.15, 0.2) is 24.4 Å². The molecular weight excluding hydrogens is 318 g/mol. The van der Waals surface area contributed by atoms with Gasteiger partial charge in [0, 0.05) is 24.8 Å². The fourth-order valence-corrected chi connectivity index (χ4v) is 3.81. The third-order valence-electron chi connectivity index (χ3n) is 5.20. The van der Waals surface area contributed by atoms with Gasteiger partial charge in [0.25, 0.3) is 0 Å². The second-order valence-corrected chi connectivity index (χ2v) is 7.28. The van der Waals surface area contributed by atoms with E-state index >= 15 is 0 Å². The summed E-state index contributed by atoms with van der Waals surface area (Å²) in [5.41, 5.74) is 1.27. The number of aromatic nitrogens is 3. The van der Waals surface area contributed by atoms with Gasteiger partial charge in [-0.2, -0.15) is 5.10 Å². The van der Waals surface area contributed by atoms with Crippen LogP contribution in [0.25, 0.3) is 0 Å². The first-order valence-corrected chi connectivity index (χ1v) is 9.47. The van der Waals surface area contributed by atoms with Crippen LogP contribution in [0.1, 0.15) is 38.5 Å². The number of carbonyl (C=O) groups excluding carboxylic acids is 1. The maximum atomic E-state index is 13.0. The third kappa shape index (κ3) is 4.27. The summed E-state index contributed by atoms with van der Waals surface area (Å²) < 4.78 is 7.62. The Morgan fingerprint density at radius 2 is 2.28 bits per heavy atom. The number of allylic oxidation sites excluding steroid dienone is 2. The molecule has 7 nitrogen and oxygen atoms in total. The van der Waals surface area contributed by atoms with Gasteiger partial charge in [-0.1, -0.05) is 6.08 Å². The van der Waals surface area contributed by atoms with E-state index in [4.69, 9.17) is 4.74 Å². The minimum Gasteiger partial charge on any atom is -0.374 e. The molecular formula is C18H27N5O2. The van der Waals surface area contributed by atoms with Gasteiger partial charge in [-0.25, -0.2) is 4.98 Å². The molecule has 1 amide bonds. The van der Waals surface area contributed by atoms with Crippen molar-refractivity contribution < 1.29 is 9.53 Å². The molecule has 0 N–H and O–H groups in total. The molecule has 2 fully saturated rings. The van der Waals surface area contributed by atoms with E-state index in [1.165, 1.54) is 24.9 Å². The molecule has 0 aromatic carbocycles. The Kier molecular flexibility index (Phi) is 5.12. The monoisotopic (exact) mass is 345 g/mol. The Labute approximate surface area is 148 Å². The van der Waals surface area contributed by atoms with Gasteiger partial charge >= 0.3 is 0 Å². The number of amides is 1. The first kappa shape index (κ1) is 16.7. The van der Waals surface area contributed by atoms with Crippen LogP contribution >= 0.6 is 0 Å². The number of morpholine rings is 1. The van der Waals surface area contributed by atoms with Crippen molar-refractivity contribution in [3.05, 3.63) is 24.4 Å². The van der Waals surface area contributed by atoms with E-state index in [0.29, 0.717) is 25.7 Å². The summed E-state index contributed by atoms with van der Waals surface area (Å²) >= 11 is 0. The summed E-state index contributed by atoms with van der Waals surface area (Å²) in [6.07, 6.45) is 12.5. The van der Waals surface area contributed by atoms with Crippen LogP contribution in [-0.2, 0) is 16.1 Å². The molecule has 0 unspecified atom stereocenters. The van der Waals surface area contributed by atoms with Crippen molar-refractivity contribution in [2.75, 3.05) is 26.2 Å². The van der Waals surface area contributed by atoms with Crippen LogP contribution in [0.3, 0.4) is 0 Å². The maximum Gasteiger partial charge on any atom is 0.241 e. The van der Waals surface area contributed by atoms with Crippen molar-refractivity contribution in [3.63, 3.8) is 0 Å². The quantitative estimate of drug-likeness (QED) is 0.780. The Balaban J connectivity index is 1.35. The van der Waals surface area contributed by atoms with Gasteiger partial charge in [0.05, 0.1) is 25.8 Å². The largest absolute Gasteiger partial charge is 0.374 e. The lowest BCUT2D eigenvalue weighted by molar-refractivity contribution is -0.133. The van der Waals surface area contributed by atoms with Gasteiger partial charge < -0.3 is 9.64 Å². The fourth-order valence-electron chi connectivity index (χ4n) is 3.81. The van der Waals surface area contributed by atoms with E-state index in [1.807, 2.05) is 0 Å². The first-order valence-electron chi connectivity index (χ1n) is 9.47. The molecule has 1 saturated heterocycles. The number of carbonyl (C=O) groups is 1. The molecule has 2 aliphatic carbocycles. The Morgan fingerprint density at radius 1 is 1.36 bits per heavy atom. The van der Waals surface area contributed by atoms with Gasteiger partial charge in [0.15, 0.2) is 0 Å². The number of ether oxygens (including phenoxy) is 1. The molecule has 1 aliphatic heterocycles. The Hall–Kier alpha value is -1.73. The average molecular weight is 345 g/mol. The van der Waals surface area contributed by atoms with Crippen LogP contribution < -0.4 is 0 Å². The van der Waals surface area contributed by atoms with E-state index in [-0.39, 0.29) is 12.0 Å². The molecule has 0 bridgehead atoms. The van der Waals surface area contributed by atoms with E-state index in [1.54, 1.807) is 11.0 Å². The summed E-state index contributed by atoms with van der Waals surface area (Å²) in [4.78, 5) is 21.3. The van der Waals surface area contributed by atoms with Crippen LogP contribution in [0.2, 0.25) is 0 Å². The number of hydrogen-bond acceptors (Lipinski definition) is 5. The van der Waals surface area contributed by atoms with Gasteiger partial charge in [0.1, 0.15) is 12.7 Å². The lowest BCUT2D eigenvalue weighted by Crippen LogP contribution is -2.49. The number of hydrogen-bond donors (Lipinski definition) is 0. The number of nitrogens with zero attached hydrogens (tertiary/aromatic N) is 5. The van der Waals surface area contributed by atoms with Crippen molar-refractivity contribution in [3.8, 4) is 0 Å². The van der Waals surface area contributed by atoms with Crippen molar-refractivity contribution in [2.24, 2.45) is 0 Å². The molecule has 3 aliphatic rings. The van der Waals surface area contributed by atoms with E-state index in [2.05, 4.69) is 26.0 Å². The molecule has 2 heterocycles. The molecule has 1 atom stereocenters. The van der Waals surface area contributed by atoms with Crippen molar-refractivity contribution in [2.45, 2.75) is 57.2 Å². The van der Waals surface area contributed by atoms with Gasteiger partial charge in [0.2, 0.25) is 5.91 Å². The van der Waals surface area contributed by atoms with Gasteiger partial charge in [-0.3, -0.25) is 14.4 Å². The normalized spacial score (nSPS) is 24.8. The zero-order valence-corrected chi connectivity index (χ0v) is 14.7. The van der Waals surface area contributed by atoms with Crippen molar-refractivity contribution in [1.29, 1.82) is 0 Å². The number of rotatable bonds is 6. The highest BCUT2D eigenvalue weighted by molar-refractivity contribution is 5.80. The van der Waals surface area contributed by atoms with Crippen molar-refractivity contribution >= 4 is 5.91 Å².